The second-order valence-electron chi connectivity index (χ2n) is 6.01. The summed E-state index contributed by atoms with van der Waals surface area (Å²) in [6.45, 7) is 0.795. The van der Waals surface area contributed by atoms with E-state index in [-0.39, 0.29) is 5.91 Å². The van der Waals surface area contributed by atoms with E-state index in [0.717, 1.165) is 24.5 Å². The Kier molecular flexibility index (Phi) is 6.91. The number of hydrogen-bond acceptors (Lipinski definition) is 2. The van der Waals surface area contributed by atoms with Gasteiger partial charge in [0.15, 0.2) is 5.96 Å². The number of carbonyl (C=O) groups is 1. The van der Waals surface area contributed by atoms with E-state index >= 15 is 0 Å². The molecule has 0 saturated heterocycles. The molecule has 23 heavy (non-hydrogen) atoms. The monoisotopic (exact) mass is 316 g/mol. The molecule has 0 aromatic heterocycles. The van der Waals surface area contributed by atoms with Crippen LogP contribution in [0.4, 0.5) is 0 Å². The molecule has 0 aliphatic heterocycles. The Hall–Kier alpha value is -2.04. The van der Waals surface area contributed by atoms with Crippen molar-refractivity contribution in [3.63, 3.8) is 0 Å². The van der Waals surface area contributed by atoms with Gasteiger partial charge in [-0.1, -0.05) is 31.4 Å². The second kappa shape index (κ2) is 9.18. The SMILES string of the molecule is CN=C(NCCc1cccc(C(=O)NC)c1)NC1CCCCC1. The van der Waals surface area contributed by atoms with Crippen LogP contribution in [-0.2, 0) is 6.42 Å². The number of amides is 1. The topological polar surface area (TPSA) is 65.5 Å². The summed E-state index contributed by atoms with van der Waals surface area (Å²) in [5, 5.41) is 9.53. The molecule has 0 unspecified atom stereocenters. The molecule has 1 aliphatic rings. The fraction of sp³-hybridized carbons (Fsp3) is 0.556. The molecule has 0 radical (unpaired) electrons. The summed E-state index contributed by atoms with van der Waals surface area (Å²) < 4.78 is 0. The average molecular weight is 316 g/mol. The van der Waals surface area contributed by atoms with Crippen molar-refractivity contribution in [1.82, 2.24) is 16.0 Å². The van der Waals surface area contributed by atoms with Crippen LogP contribution in [0.1, 0.15) is 48.0 Å². The highest BCUT2D eigenvalue weighted by Crippen LogP contribution is 2.17. The van der Waals surface area contributed by atoms with Crippen molar-refractivity contribution in [3.05, 3.63) is 35.4 Å². The van der Waals surface area contributed by atoms with Gasteiger partial charge in [-0.25, -0.2) is 0 Å². The third-order valence-corrected chi connectivity index (χ3v) is 4.29. The summed E-state index contributed by atoms with van der Waals surface area (Å²) in [7, 11) is 3.46. The van der Waals surface area contributed by atoms with Crippen LogP contribution in [0.2, 0.25) is 0 Å². The van der Waals surface area contributed by atoms with Crippen molar-refractivity contribution < 1.29 is 4.79 Å². The molecule has 1 aromatic rings. The van der Waals surface area contributed by atoms with Crippen LogP contribution in [0.3, 0.4) is 0 Å². The van der Waals surface area contributed by atoms with Crippen LogP contribution < -0.4 is 16.0 Å². The smallest absolute Gasteiger partial charge is 0.251 e. The lowest BCUT2D eigenvalue weighted by molar-refractivity contribution is 0.0963. The molecular formula is C18H28N4O. The van der Waals surface area contributed by atoms with Crippen molar-refractivity contribution in [1.29, 1.82) is 0 Å². The zero-order valence-corrected chi connectivity index (χ0v) is 14.2. The Balaban J connectivity index is 1.79. The molecule has 1 aromatic carbocycles. The van der Waals surface area contributed by atoms with E-state index in [2.05, 4.69) is 20.9 Å². The summed E-state index contributed by atoms with van der Waals surface area (Å²) >= 11 is 0. The summed E-state index contributed by atoms with van der Waals surface area (Å²) in [4.78, 5) is 16.0. The largest absolute Gasteiger partial charge is 0.356 e. The molecular weight excluding hydrogens is 288 g/mol. The summed E-state index contributed by atoms with van der Waals surface area (Å²) in [5.41, 5.74) is 1.85. The maximum Gasteiger partial charge on any atom is 0.251 e. The first-order chi connectivity index (χ1) is 11.2. The molecule has 5 heteroatoms. The number of nitrogens with zero attached hydrogens (tertiary/aromatic N) is 1. The van der Waals surface area contributed by atoms with Crippen molar-refractivity contribution in [3.8, 4) is 0 Å². The normalized spacial score (nSPS) is 16.0. The van der Waals surface area contributed by atoms with Gasteiger partial charge in [-0.2, -0.15) is 0 Å². The minimum Gasteiger partial charge on any atom is -0.356 e. The Morgan fingerprint density at radius 1 is 1.26 bits per heavy atom. The van der Waals surface area contributed by atoms with Crippen LogP contribution in [0.25, 0.3) is 0 Å². The minimum absolute atomic E-state index is 0.0467. The molecule has 126 valence electrons. The van der Waals surface area contributed by atoms with Gasteiger partial charge in [0.05, 0.1) is 0 Å². The lowest BCUT2D eigenvalue weighted by atomic mass is 9.96. The van der Waals surface area contributed by atoms with Crippen molar-refractivity contribution in [2.75, 3.05) is 20.6 Å². The van der Waals surface area contributed by atoms with E-state index < -0.39 is 0 Å². The molecule has 3 N–H and O–H groups in total. The third-order valence-electron chi connectivity index (χ3n) is 4.29. The summed E-state index contributed by atoms with van der Waals surface area (Å²) in [6.07, 6.45) is 7.29. The predicted octanol–water partition coefficient (Wildman–Crippen LogP) is 2.09. The molecule has 0 spiro atoms. The van der Waals surface area contributed by atoms with Gasteiger partial charge in [-0.3, -0.25) is 9.79 Å². The number of nitrogens with one attached hydrogen (secondary N) is 3. The quantitative estimate of drug-likeness (QED) is 0.576. The second-order valence-corrected chi connectivity index (χ2v) is 6.01. The molecule has 5 nitrogen and oxygen atoms in total. The Labute approximate surface area is 139 Å². The van der Waals surface area contributed by atoms with Gasteiger partial charge in [-0.15, -0.1) is 0 Å². The summed E-state index contributed by atoms with van der Waals surface area (Å²) in [5.74, 6) is 0.828. The molecule has 0 atom stereocenters. The zero-order valence-electron chi connectivity index (χ0n) is 14.2. The number of rotatable bonds is 5. The first-order valence-corrected chi connectivity index (χ1v) is 8.51. The lowest BCUT2D eigenvalue weighted by Gasteiger charge is -2.24. The van der Waals surface area contributed by atoms with E-state index in [0.29, 0.717) is 11.6 Å². The third kappa shape index (κ3) is 5.58. The Morgan fingerprint density at radius 3 is 2.74 bits per heavy atom. The molecule has 1 saturated carbocycles. The zero-order chi connectivity index (χ0) is 16.5. The predicted molar refractivity (Wildman–Crippen MR) is 94.9 cm³/mol. The minimum atomic E-state index is -0.0467. The highest BCUT2D eigenvalue weighted by Gasteiger charge is 2.14. The molecule has 2 rings (SSSR count). The number of carbonyl (C=O) groups excluding carboxylic acids is 1. The molecule has 0 bridgehead atoms. The highest BCUT2D eigenvalue weighted by atomic mass is 16.1. The van der Waals surface area contributed by atoms with Crippen LogP contribution in [-0.4, -0.2) is 38.5 Å². The summed E-state index contributed by atoms with van der Waals surface area (Å²) in [6, 6.07) is 8.30. The molecule has 0 heterocycles. The Bertz CT molecular complexity index is 536. The van der Waals surface area contributed by atoms with E-state index in [1.165, 1.54) is 32.1 Å². The molecule has 1 fully saturated rings. The van der Waals surface area contributed by atoms with Crippen molar-refractivity contribution >= 4 is 11.9 Å². The van der Waals surface area contributed by atoms with Crippen LogP contribution in [0.15, 0.2) is 29.3 Å². The maximum absolute atomic E-state index is 11.7. The van der Waals surface area contributed by atoms with Gasteiger partial charge in [-0.05, 0) is 37.0 Å². The van der Waals surface area contributed by atoms with Gasteiger partial charge >= 0.3 is 0 Å². The van der Waals surface area contributed by atoms with Gasteiger partial charge in [0.25, 0.3) is 5.91 Å². The van der Waals surface area contributed by atoms with E-state index in [1.54, 1.807) is 7.05 Å². The first-order valence-electron chi connectivity index (χ1n) is 8.51. The van der Waals surface area contributed by atoms with Gasteiger partial charge in [0.1, 0.15) is 0 Å². The van der Waals surface area contributed by atoms with E-state index in [1.807, 2.05) is 31.3 Å². The van der Waals surface area contributed by atoms with Crippen LogP contribution in [0.5, 0.6) is 0 Å². The van der Waals surface area contributed by atoms with Gasteiger partial charge in [0, 0.05) is 32.2 Å². The average Bonchev–Trinajstić information content (AvgIpc) is 2.61. The van der Waals surface area contributed by atoms with Crippen LogP contribution in [0, 0.1) is 0 Å². The fourth-order valence-electron chi connectivity index (χ4n) is 2.97. The van der Waals surface area contributed by atoms with Crippen LogP contribution >= 0.6 is 0 Å². The molecule has 1 aliphatic carbocycles. The number of aliphatic imine (C=N–C) groups is 1. The van der Waals surface area contributed by atoms with E-state index in [4.69, 9.17) is 0 Å². The Morgan fingerprint density at radius 2 is 2.04 bits per heavy atom. The number of hydrogen-bond donors (Lipinski definition) is 3. The highest BCUT2D eigenvalue weighted by molar-refractivity contribution is 5.94. The maximum atomic E-state index is 11.7. The number of guanidine groups is 1. The number of benzene rings is 1. The standard InChI is InChI=1S/C18H28N4O/c1-19-17(23)15-8-6-7-14(13-15)11-12-21-18(20-2)22-16-9-4-3-5-10-16/h6-8,13,16H,3-5,9-12H2,1-2H3,(H,19,23)(H2,20,21,22). The van der Waals surface area contributed by atoms with Gasteiger partial charge in [0.2, 0.25) is 0 Å². The first kappa shape index (κ1) is 17.3. The van der Waals surface area contributed by atoms with Crippen molar-refractivity contribution in [2.45, 2.75) is 44.6 Å². The van der Waals surface area contributed by atoms with Crippen molar-refractivity contribution in [2.24, 2.45) is 4.99 Å². The lowest BCUT2D eigenvalue weighted by Crippen LogP contribution is -2.44. The fourth-order valence-corrected chi connectivity index (χ4v) is 2.97. The van der Waals surface area contributed by atoms with Gasteiger partial charge < -0.3 is 16.0 Å². The van der Waals surface area contributed by atoms with E-state index in [9.17, 15) is 4.79 Å². The molecule has 1 amide bonds.